The molecule has 0 fully saturated rings. The lowest BCUT2D eigenvalue weighted by molar-refractivity contribution is 0.134. The fourth-order valence-corrected chi connectivity index (χ4v) is 2.60. The van der Waals surface area contributed by atoms with Crippen molar-refractivity contribution >= 4 is 22.4 Å². The van der Waals surface area contributed by atoms with Crippen molar-refractivity contribution in [2.45, 2.75) is 19.8 Å². The van der Waals surface area contributed by atoms with E-state index in [-0.39, 0.29) is 0 Å². The van der Waals surface area contributed by atoms with Crippen LogP contribution in [0.1, 0.15) is 19.8 Å². The summed E-state index contributed by atoms with van der Waals surface area (Å²) in [5.74, 6) is 0.561. The Labute approximate surface area is 123 Å². The molecule has 0 aliphatic heterocycles. The summed E-state index contributed by atoms with van der Waals surface area (Å²) in [7, 11) is 0. The number of nitrogens with one attached hydrogen (secondary N) is 1. The zero-order valence-corrected chi connectivity index (χ0v) is 12.4. The van der Waals surface area contributed by atoms with Crippen molar-refractivity contribution in [1.82, 2.24) is 9.36 Å². The molecule has 2 heterocycles. The van der Waals surface area contributed by atoms with Crippen LogP contribution in [0, 0.1) is 0 Å². The molecule has 0 radical (unpaired) electrons. The first kappa shape index (κ1) is 14.7. The average Bonchev–Trinajstić information content (AvgIpc) is 2.84. The third kappa shape index (κ3) is 3.91. The molecule has 0 aromatic carbocycles. The topological polar surface area (TPSA) is 73.1 Å². The van der Waals surface area contributed by atoms with Crippen molar-refractivity contribution in [2.75, 3.05) is 30.8 Å². The molecule has 0 saturated heterocycles. The Morgan fingerprint density at radius 1 is 1.30 bits per heavy atom. The Kier molecular flexibility index (Phi) is 5.76. The molecule has 2 aromatic heterocycles. The number of hydrogen-bond donors (Lipinski definition) is 2. The molecule has 6 heteroatoms. The van der Waals surface area contributed by atoms with Gasteiger partial charge in [0, 0.05) is 32.2 Å². The fourth-order valence-electron chi connectivity index (χ4n) is 1.84. The zero-order chi connectivity index (χ0) is 14.2. The summed E-state index contributed by atoms with van der Waals surface area (Å²) in [5.41, 5.74) is 7.96. The lowest BCUT2D eigenvalue weighted by atomic mass is 10.1. The van der Waals surface area contributed by atoms with Crippen LogP contribution in [-0.2, 0) is 4.74 Å². The standard InChI is InChI=1S/C14H20N4OS/c1-2-9-19-10-3-6-17-14-12(13(15)18-20-14)11-4-7-16-8-5-11/h4-5,7-8,17H,2-3,6,9-10H2,1H3,(H2,15,18). The second kappa shape index (κ2) is 7.81. The number of pyridine rings is 1. The third-order valence-corrected chi connectivity index (χ3v) is 3.61. The molecule has 0 unspecified atom stereocenters. The Morgan fingerprint density at radius 2 is 2.10 bits per heavy atom. The predicted molar refractivity (Wildman–Crippen MR) is 84.0 cm³/mol. The third-order valence-electron chi connectivity index (χ3n) is 2.79. The highest BCUT2D eigenvalue weighted by molar-refractivity contribution is 7.11. The molecular weight excluding hydrogens is 272 g/mol. The van der Waals surface area contributed by atoms with Crippen LogP contribution in [0.25, 0.3) is 11.1 Å². The summed E-state index contributed by atoms with van der Waals surface area (Å²) >= 11 is 1.39. The van der Waals surface area contributed by atoms with Crippen LogP contribution < -0.4 is 11.1 Å². The van der Waals surface area contributed by atoms with E-state index in [4.69, 9.17) is 10.5 Å². The number of aromatic nitrogens is 2. The minimum atomic E-state index is 0.561. The minimum absolute atomic E-state index is 0.561. The van der Waals surface area contributed by atoms with Crippen LogP contribution >= 0.6 is 11.5 Å². The second-order valence-electron chi connectivity index (χ2n) is 4.40. The molecule has 3 N–H and O–H groups in total. The molecule has 0 aliphatic carbocycles. The maximum Gasteiger partial charge on any atom is 0.147 e. The van der Waals surface area contributed by atoms with E-state index in [2.05, 4.69) is 21.6 Å². The van der Waals surface area contributed by atoms with Crippen molar-refractivity contribution in [1.29, 1.82) is 0 Å². The van der Waals surface area contributed by atoms with Gasteiger partial charge < -0.3 is 15.8 Å². The number of nitrogens with zero attached hydrogens (tertiary/aromatic N) is 2. The first-order valence-corrected chi connectivity index (χ1v) is 7.57. The van der Waals surface area contributed by atoms with Crippen molar-refractivity contribution in [3.8, 4) is 11.1 Å². The molecule has 0 bridgehead atoms. The van der Waals surface area contributed by atoms with Crippen LogP contribution in [0.5, 0.6) is 0 Å². The van der Waals surface area contributed by atoms with E-state index in [1.54, 1.807) is 12.4 Å². The SMILES string of the molecule is CCCOCCCNc1snc(N)c1-c1ccncc1. The summed E-state index contributed by atoms with van der Waals surface area (Å²) in [6, 6.07) is 3.88. The van der Waals surface area contributed by atoms with E-state index >= 15 is 0 Å². The van der Waals surface area contributed by atoms with E-state index in [1.807, 2.05) is 12.1 Å². The maximum absolute atomic E-state index is 5.96. The van der Waals surface area contributed by atoms with E-state index in [0.29, 0.717) is 5.82 Å². The van der Waals surface area contributed by atoms with Crippen molar-refractivity contribution in [3.05, 3.63) is 24.5 Å². The Hall–Kier alpha value is -1.66. The predicted octanol–water partition coefficient (Wildman–Crippen LogP) is 3.02. The maximum atomic E-state index is 5.96. The van der Waals surface area contributed by atoms with Crippen LogP contribution in [0.4, 0.5) is 10.8 Å². The number of anilines is 2. The molecule has 20 heavy (non-hydrogen) atoms. The molecule has 0 amide bonds. The largest absolute Gasteiger partial charge is 0.382 e. The van der Waals surface area contributed by atoms with E-state index in [9.17, 15) is 0 Å². The van der Waals surface area contributed by atoms with Gasteiger partial charge in [-0.25, -0.2) is 0 Å². The smallest absolute Gasteiger partial charge is 0.147 e. The van der Waals surface area contributed by atoms with Gasteiger partial charge in [-0.1, -0.05) is 6.92 Å². The summed E-state index contributed by atoms with van der Waals surface area (Å²) < 4.78 is 9.68. The van der Waals surface area contributed by atoms with E-state index in [1.165, 1.54) is 11.5 Å². The van der Waals surface area contributed by atoms with Gasteiger partial charge in [0.2, 0.25) is 0 Å². The van der Waals surface area contributed by atoms with Crippen LogP contribution in [0.3, 0.4) is 0 Å². The monoisotopic (exact) mass is 292 g/mol. The number of ether oxygens (including phenoxy) is 1. The highest BCUT2D eigenvalue weighted by Gasteiger charge is 2.12. The van der Waals surface area contributed by atoms with Crippen molar-refractivity contribution in [3.63, 3.8) is 0 Å². The quantitative estimate of drug-likeness (QED) is 0.732. The highest BCUT2D eigenvalue weighted by atomic mass is 32.1. The first-order valence-electron chi connectivity index (χ1n) is 6.80. The van der Waals surface area contributed by atoms with Crippen molar-refractivity contribution < 1.29 is 4.74 Å². The summed E-state index contributed by atoms with van der Waals surface area (Å²) in [5, 5.41) is 4.39. The van der Waals surface area contributed by atoms with Gasteiger partial charge in [0.1, 0.15) is 10.8 Å². The molecule has 0 atom stereocenters. The number of rotatable bonds is 8. The Bertz CT molecular complexity index is 515. The molecular formula is C14H20N4OS. The Balaban J connectivity index is 1.93. The number of nitrogens with two attached hydrogens (primary N) is 1. The fraction of sp³-hybridized carbons (Fsp3) is 0.429. The van der Waals surface area contributed by atoms with Gasteiger partial charge >= 0.3 is 0 Å². The van der Waals surface area contributed by atoms with Gasteiger partial charge in [-0.05, 0) is 42.1 Å². The number of hydrogen-bond acceptors (Lipinski definition) is 6. The first-order chi connectivity index (χ1) is 9.83. The molecule has 2 aromatic rings. The van der Waals surface area contributed by atoms with Gasteiger partial charge in [0.25, 0.3) is 0 Å². The van der Waals surface area contributed by atoms with Crippen molar-refractivity contribution in [2.24, 2.45) is 0 Å². The van der Waals surface area contributed by atoms with Gasteiger partial charge in [-0.2, -0.15) is 4.37 Å². The average molecular weight is 292 g/mol. The van der Waals surface area contributed by atoms with E-state index in [0.717, 1.165) is 48.7 Å². The number of nitrogen functional groups attached to an aromatic ring is 1. The lowest BCUT2D eigenvalue weighted by Crippen LogP contribution is -2.06. The molecule has 5 nitrogen and oxygen atoms in total. The lowest BCUT2D eigenvalue weighted by Gasteiger charge is -2.07. The molecule has 0 spiro atoms. The molecule has 2 rings (SSSR count). The normalized spacial score (nSPS) is 10.7. The van der Waals surface area contributed by atoms with Gasteiger partial charge in [0.05, 0.1) is 5.56 Å². The zero-order valence-electron chi connectivity index (χ0n) is 11.6. The van der Waals surface area contributed by atoms with Gasteiger partial charge in [0.15, 0.2) is 0 Å². The molecule has 0 saturated carbocycles. The van der Waals surface area contributed by atoms with Crippen LogP contribution in [0.15, 0.2) is 24.5 Å². The minimum Gasteiger partial charge on any atom is -0.382 e. The molecule has 0 aliphatic rings. The highest BCUT2D eigenvalue weighted by Crippen LogP contribution is 2.36. The Morgan fingerprint density at radius 3 is 2.85 bits per heavy atom. The van der Waals surface area contributed by atoms with Gasteiger partial charge in [-0.3, -0.25) is 4.98 Å². The van der Waals surface area contributed by atoms with Crippen LogP contribution in [0.2, 0.25) is 0 Å². The van der Waals surface area contributed by atoms with Gasteiger partial charge in [-0.15, -0.1) is 0 Å². The summed E-state index contributed by atoms with van der Waals surface area (Å²) in [6.07, 6.45) is 5.54. The van der Waals surface area contributed by atoms with Crippen LogP contribution in [-0.4, -0.2) is 29.1 Å². The summed E-state index contributed by atoms with van der Waals surface area (Å²) in [6.45, 7) is 4.57. The van der Waals surface area contributed by atoms with E-state index < -0.39 is 0 Å². The second-order valence-corrected chi connectivity index (χ2v) is 5.17. The summed E-state index contributed by atoms with van der Waals surface area (Å²) in [4.78, 5) is 4.02. The molecule has 108 valence electrons.